The summed E-state index contributed by atoms with van der Waals surface area (Å²) in [5.74, 6) is -0.764. The molecule has 0 fully saturated rings. The van der Waals surface area contributed by atoms with E-state index in [9.17, 15) is 18.0 Å². The molecule has 5 nitrogen and oxygen atoms in total. The Hall–Kier alpha value is -2.26. The number of ether oxygens (including phenoxy) is 2. The van der Waals surface area contributed by atoms with E-state index in [0.717, 1.165) is 12.3 Å². The van der Waals surface area contributed by atoms with Crippen LogP contribution in [0.5, 0.6) is 5.75 Å². The van der Waals surface area contributed by atoms with Gasteiger partial charge in [-0.25, -0.2) is 9.31 Å². The Labute approximate surface area is 164 Å². The molecule has 0 aliphatic heterocycles. The fraction of sp³-hybridized carbons (Fsp3) is 0.176. The van der Waals surface area contributed by atoms with E-state index in [0.29, 0.717) is 10.2 Å². The molecule has 0 saturated carbocycles. The van der Waals surface area contributed by atoms with Crippen LogP contribution >= 0.6 is 27.5 Å². The third-order valence-electron chi connectivity index (χ3n) is 3.72. The third kappa shape index (κ3) is 4.03. The second-order valence-corrected chi connectivity index (χ2v) is 6.77. The van der Waals surface area contributed by atoms with E-state index in [2.05, 4.69) is 21.0 Å². The Bertz CT molecular complexity index is 1010. The molecule has 0 saturated heterocycles. The monoisotopic (exact) mass is 462 g/mol. The maximum absolute atomic E-state index is 13.5. The number of rotatable bonds is 4. The average molecular weight is 464 g/mol. The van der Waals surface area contributed by atoms with Crippen LogP contribution < -0.4 is 4.74 Å². The van der Waals surface area contributed by atoms with Gasteiger partial charge in [0.15, 0.2) is 0 Å². The minimum absolute atomic E-state index is 0.128. The van der Waals surface area contributed by atoms with Crippen molar-refractivity contribution >= 4 is 39.0 Å². The lowest BCUT2D eigenvalue weighted by Crippen LogP contribution is -2.26. The van der Waals surface area contributed by atoms with Crippen LogP contribution in [0.15, 0.2) is 47.2 Å². The maximum Gasteiger partial charge on any atom is 0.429 e. The van der Waals surface area contributed by atoms with Gasteiger partial charge in [0.2, 0.25) is 6.10 Å². The number of aromatic nitrogens is 2. The van der Waals surface area contributed by atoms with Crippen molar-refractivity contribution in [2.45, 2.75) is 12.3 Å². The molecule has 1 atom stereocenters. The lowest BCUT2D eigenvalue weighted by atomic mass is 10.1. The number of methoxy groups -OCH3 is 1. The van der Waals surface area contributed by atoms with E-state index < -0.39 is 18.2 Å². The van der Waals surface area contributed by atoms with E-state index in [-0.39, 0.29) is 21.7 Å². The molecule has 0 radical (unpaired) electrons. The minimum Gasteiger partial charge on any atom is -0.497 e. The highest BCUT2D eigenvalue weighted by Gasteiger charge is 2.45. The molecule has 3 rings (SSSR count). The SMILES string of the molecule is COc1ccn2ncc(C(=O)OC(c3ccc(Br)cc3Cl)C(F)(F)F)c2c1. The van der Waals surface area contributed by atoms with Crippen LogP contribution in [-0.2, 0) is 4.74 Å². The molecule has 0 amide bonds. The lowest BCUT2D eigenvalue weighted by molar-refractivity contribution is -0.207. The normalized spacial score (nSPS) is 12.8. The van der Waals surface area contributed by atoms with Crippen LogP contribution in [-0.4, -0.2) is 28.9 Å². The fourth-order valence-electron chi connectivity index (χ4n) is 2.44. The summed E-state index contributed by atoms with van der Waals surface area (Å²) < 4.78 is 52.3. The molecule has 1 unspecified atom stereocenters. The number of nitrogens with zero attached hydrogens (tertiary/aromatic N) is 2. The Morgan fingerprint density at radius 1 is 1.30 bits per heavy atom. The van der Waals surface area contributed by atoms with Gasteiger partial charge < -0.3 is 9.47 Å². The molecule has 0 spiro atoms. The number of benzene rings is 1. The van der Waals surface area contributed by atoms with Crippen molar-refractivity contribution in [3.63, 3.8) is 0 Å². The van der Waals surface area contributed by atoms with Gasteiger partial charge in [-0.3, -0.25) is 0 Å². The molecule has 10 heteroatoms. The van der Waals surface area contributed by atoms with Crippen LogP contribution in [0.25, 0.3) is 5.52 Å². The Morgan fingerprint density at radius 3 is 2.67 bits per heavy atom. The minimum atomic E-state index is -4.85. The van der Waals surface area contributed by atoms with Crippen molar-refractivity contribution in [3.05, 3.63) is 63.3 Å². The predicted molar refractivity (Wildman–Crippen MR) is 95.1 cm³/mol. The lowest BCUT2D eigenvalue weighted by Gasteiger charge is -2.22. The number of hydrogen-bond donors (Lipinski definition) is 0. The van der Waals surface area contributed by atoms with Gasteiger partial charge in [0.1, 0.15) is 11.3 Å². The van der Waals surface area contributed by atoms with Crippen molar-refractivity contribution < 1.29 is 27.4 Å². The molecule has 0 aliphatic carbocycles. The van der Waals surface area contributed by atoms with E-state index >= 15 is 0 Å². The molecule has 2 aromatic heterocycles. The van der Waals surface area contributed by atoms with Crippen LogP contribution in [0, 0.1) is 0 Å². The highest BCUT2D eigenvalue weighted by Crippen LogP contribution is 2.40. The highest BCUT2D eigenvalue weighted by molar-refractivity contribution is 9.10. The first-order valence-corrected chi connectivity index (χ1v) is 8.62. The zero-order chi connectivity index (χ0) is 19.8. The number of hydrogen-bond acceptors (Lipinski definition) is 4. The molecular weight excluding hydrogens is 453 g/mol. The number of esters is 1. The molecule has 27 heavy (non-hydrogen) atoms. The predicted octanol–water partition coefficient (Wildman–Crippen LogP) is 5.22. The Kier molecular flexibility index (Phi) is 5.34. The van der Waals surface area contributed by atoms with Gasteiger partial charge in [-0.05, 0) is 18.2 Å². The summed E-state index contributed by atoms with van der Waals surface area (Å²) >= 11 is 9.04. The van der Waals surface area contributed by atoms with Crippen molar-refractivity contribution in [3.8, 4) is 5.75 Å². The topological polar surface area (TPSA) is 52.8 Å². The summed E-state index contributed by atoms with van der Waals surface area (Å²) in [5.41, 5.74) is -0.242. The molecule has 0 bridgehead atoms. The number of carbonyl (C=O) groups is 1. The van der Waals surface area contributed by atoms with Crippen LogP contribution in [0.2, 0.25) is 5.02 Å². The van der Waals surface area contributed by atoms with Gasteiger partial charge >= 0.3 is 12.1 Å². The molecule has 2 heterocycles. The van der Waals surface area contributed by atoms with E-state index in [1.165, 1.54) is 36.0 Å². The van der Waals surface area contributed by atoms with Gasteiger partial charge in [-0.1, -0.05) is 33.6 Å². The summed E-state index contributed by atoms with van der Waals surface area (Å²) in [5, 5.41) is 3.75. The molecule has 3 aromatic rings. The van der Waals surface area contributed by atoms with E-state index in [1.807, 2.05) is 0 Å². The van der Waals surface area contributed by atoms with Crippen LogP contribution in [0.4, 0.5) is 13.2 Å². The van der Waals surface area contributed by atoms with Crippen molar-refractivity contribution in [2.24, 2.45) is 0 Å². The van der Waals surface area contributed by atoms with Crippen molar-refractivity contribution in [2.75, 3.05) is 7.11 Å². The van der Waals surface area contributed by atoms with Gasteiger partial charge in [0, 0.05) is 27.3 Å². The molecule has 142 valence electrons. The summed E-state index contributed by atoms with van der Waals surface area (Å²) in [6, 6.07) is 6.89. The van der Waals surface area contributed by atoms with Crippen molar-refractivity contribution in [1.82, 2.24) is 9.61 Å². The summed E-state index contributed by atoms with van der Waals surface area (Å²) in [6.45, 7) is 0. The van der Waals surface area contributed by atoms with Gasteiger partial charge in [-0.15, -0.1) is 0 Å². The second-order valence-electron chi connectivity index (χ2n) is 5.45. The Balaban J connectivity index is 1.98. The number of carbonyl (C=O) groups excluding carboxylic acids is 1. The Morgan fingerprint density at radius 2 is 2.04 bits per heavy atom. The first-order valence-electron chi connectivity index (χ1n) is 7.44. The summed E-state index contributed by atoms with van der Waals surface area (Å²) in [4.78, 5) is 12.5. The quantitative estimate of drug-likeness (QED) is 0.498. The van der Waals surface area contributed by atoms with E-state index in [4.69, 9.17) is 21.1 Å². The summed E-state index contributed by atoms with van der Waals surface area (Å²) in [6.07, 6.45) is -4.73. The molecule has 1 aromatic carbocycles. The standard InChI is InChI=1S/C17H11BrClF3N2O3/c1-26-10-4-5-24-14(7-10)12(8-23-24)16(25)27-15(17(20,21)22)11-3-2-9(18)6-13(11)19/h2-8,15H,1H3. The van der Waals surface area contributed by atoms with Crippen LogP contribution in [0.1, 0.15) is 22.0 Å². The zero-order valence-electron chi connectivity index (χ0n) is 13.6. The number of pyridine rings is 1. The number of alkyl halides is 3. The first kappa shape index (κ1) is 19.5. The molecular formula is C17H11BrClF3N2O3. The van der Waals surface area contributed by atoms with Crippen molar-refractivity contribution in [1.29, 1.82) is 0 Å². The zero-order valence-corrected chi connectivity index (χ0v) is 16.0. The average Bonchev–Trinajstić information content (AvgIpc) is 3.02. The number of fused-ring (bicyclic) bond motifs is 1. The molecule has 0 aliphatic rings. The largest absolute Gasteiger partial charge is 0.497 e. The van der Waals surface area contributed by atoms with Gasteiger partial charge in [0.05, 0.1) is 18.8 Å². The van der Waals surface area contributed by atoms with Gasteiger partial charge in [0.25, 0.3) is 0 Å². The fourth-order valence-corrected chi connectivity index (χ4v) is 3.21. The first-order chi connectivity index (χ1) is 12.7. The second kappa shape index (κ2) is 7.40. The van der Waals surface area contributed by atoms with Gasteiger partial charge in [-0.2, -0.15) is 18.3 Å². The summed E-state index contributed by atoms with van der Waals surface area (Å²) in [7, 11) is 1.43. The smallest absolute Gasteiger partial charge is 0.429 e. The van der Waals surface area contributed by atoms with E-state index in [1.54, 1.807) is 6.07 Å². The third-order valence-corrected chi connectivity index (χ3v) is 4.54. The maximum atomic E-state index is 13.5. The number of halogens is 5. The molecule has 0 N–H and O–H groups in total. The highest BCUT2D eigenvalue weighted by atomic mass is 79.9. The van der Waals surface area contributed by atoms with Crippen LogP contribution in [0.3, 0.4) is 0 Å².